The van der Waals surface area contributed by atoms with Gasteiger partial charge in [-0.05, 0) is 25.1 Å². The highest BCUT2D eigenvalue weighted by atomic mass is 19.1. The van der Waals surface area contributed by atoms with E-state index in [1.165, 1.54) is 30.2 Å². The number of rotatable bonds is 5. The van der Waals surface area contributed by atoms with Crippen LogP contribution in [-0.4, -0.2) is 36.6 Å². The Labute approximate surface area is 164 Å². The molecule has 7 heteroatoms. The average Bonchev–Trinajstić information content (AvgIpc) is 3.10. The van der Waals surface area contributed by atoms with Gasteiger partial charge in [0, 0.05) is 49.6 Å². The number of imidazole rings is 1. The number of fused-ring (bicyclic) bond motifs is 1. The minimum absolute atomic E-state index is 0.0862. The first kappa shape index (κ1) is 21.4. The Morgan fingerprint density at radius 2 is 1.96 bits per heavy atom. The number of carbonyl (C=O) groups is 1. The summed E-state index contributed by atoms with van der Waals surface area (Å²) in [6.45, 7) is 6.26. The highest BCUT2D eigenvalue weighted by Gasteiger charge is 2.18. The molecule has 3 aromatic rings. The molecular weight excluding hydrogens is 361 g/mol. The van der Waals surface area contributed by atoms with Crippen molar-refractivity contribution in [2.75, 3.05) is 26.2 Å². The zero-order chi connectivity index (χ0) is 20.8. The molecule has 0 unspecified atom stereocenters. The molecule has 0 saturated carbocycles. The maximum absolute atomic E-state index is 13.6. The molecule has 0 aliphatic rings. The summed E-state index contributed by atoms with van der Waals surface area (Å²) in [6.07, 6.45) is 3.49. The van der Waals surface area contributed by atoms with Crippen molar-refractivity contribution in [3.63, 3.8) is 0 Å². The lowest BCUT2D eigenvalue weighted by molar-refractivity contribution is 0.0992. The number of benzene rings is 1. The molecule has 150 valence electrons. The quantitative estimate of drug-likeness (QED) is 0.657. The topological polar surface area (TPSA) is 56.1 Å². The second-order valence-electron chi connectivity index (χ2n) is 5.96. The van der Waals surface area contributed by atoms with E-state index >= 15 is 0 Å². The van der Waals surface area contributed by atoms with E-state index in [0.717, 1.165) is 16.9 Å². The summed E-state index contributed by atoms with van der Waals surface area (Å²) in [6, 6.07) is 6.07. The Balaban J connectivity index is 0.00000136. The van der Waals surface area contributed by atoms with E-state index in [-0.39, 0.29) is 11.7 Å². The SMILES string of the molecule is CC.COCc1cc(C(=O)N(C)c2ccc(F)c(OC)c2)cn2c(C)cnc12. The summed E-state index contributed by atoms with van der Waals surface area (Å²) in [4.78, 5) is 18.8. The number of nitrogens with zero attached hydrogens (tertiary/aromatic N) is 3. The number of hydrogen-bond acceptors (Lipinski definition) is 4. The zero-order valence-electron chi connectivity index (χ0n) is 17.1. The van der Waals surface area contributed by atoms with Gasteiger partial charge in [0.15, 0.2) is 11.6 Å². The number of pyridine rings is 1. The van der Waals surface area contributed by atoms with Crippen molar-refractivity contribution in [3.8, 4) is 5.75 Å². The highest BCUT2D eigenvalue weighted by Crippen LogP contribution is 2.25. The van der Waals surface area contributed by atoms with Crippen LogP contribution in [0.5, 0.6) is 5.75 Å². The lowest BCUT2D eigenvalue weighted by Crippen LogP contribution is -2.26. The highest BCUT2D eigenvalue weighted by molar-refractivity contribution is 6.06. The molecule has 28 heavy (non-hydrogen) atoms. The van der Waals surface area contributed by atoms with Crippen LogP contribution in [0.15, 0.2) is 36.7 Å². The number of methoxy groups -OCH3 is 2. The van der Waals surface area contributed by atoms with Gasteiger partial charge in [-0.3, -0.25) is 4.79 Å². The van der Waals surface area contributed by atoms with Gasteiger partial charge in [-0.15, -0.1) is 0 Å². The molecule has 0 saturated heterocycles. The number of hydrogen-bond donors (Lipinski definition) is 0. The third-order valence-corrected chi connectivity index (χ3v) is 4.24. The van der Waals surface area contributed by atoms with Crippen molar-refractivity contribution in [3.05, 3.63) is 59.3 Å². The molecule has 2 heterocycles. The van der Waals surface area contributed by atoms with Crippen molar-refractivity contribution < 1.29 is 18.7 Å². The Hall–Kier alpha value is -2.93. The average molecular weight is 387 g/mol. The molecule has 0 aliphatic carbocycles. The molecular formula is C21H26FN3O3. The molecule has 0 atom stereocenters. The molecule has 1 amide bonds. The van der Waals surface area contributed by atoms with Crippen molar-refractivity contribution in [2.24, 2.45) is 0 Å². The lowest BCUT2D eigenvalue weighted by Gasteiger charge is -2.19. The standard InChI is InChI=1S/C19H20FN3O3.C2H6/c1-12-9-21-18-14(11-25-3)7-13(10-23(12)18)19(24)22(2)15-5-6-16(20)17(8-15)26-4;1-2/h5-10H,11H2,1-4H3;1-2H3. The first-order chi connectivity index (χ1) is 13.5. The van der Waals surface area contributed by atoms with Gasteiger partial charge >= 0.3 is 0 Å². The Morgan fingerprint density at radius 3 is 2.61 bits per heavy atom. The van der Waals surface area contributed by atoms with Gasteiger partial charge in [0.25, 0.3) is 5.91 Å². The first-order valence-electron chi connectivity index (χ1n) is 9.03. The van der Waals surface area contributed by atoms with Crippen molar-refractivity contribution >= 4 is 17.2 Å². The number of aromatic nitrogens is 2. The van der Waals surface area contributed by atoms with E-state index in [2.05, 4.69) is 4.98 Å². The van der Waals surface area contributed by atoms with Crippen LogP contribution in [0.1, 0.15) is 35.5 Å². The van der Waals surface area contributed by atoms with Crippen LogP contribution < -0.4 is 9.64 Å². The molecule has 3 rings (SSSR count). The maximum atomic E-state index is 13.6. The molecule has 0 spiro atoms. The number of amides is 1. The number of halogens is 1. The first-order valence-corrected chi connectivity index (χ1v) is 9.03. The Bertz CT molecular complexity index is 969. The van der Waals surface area contributed by atoms with Crippen molar-refractivity contribution in [1.29, 1.82) is 0 Å². The van der Waals surface area contributed by atoms with Crippen LogP contribution >= 0.6 is 0 Å². The minimum Gasteiger partial charge on any atom is -0.494 e. The summed E-state index contributed by atoms with van der Waals surface area (Å²) in [5.74, 6) is -0.621. The van der Waals surface area contributed by atoms with Crippen LogP contribution in [0.2, 0.25) is 0 Å². The normalized spacial score (nSPS) is 10.4. The predicted molar refractivity (Wildman–Crippen MR) is 108 cm³/mol. The van der Waals surface area contributed by atoms with E-state index in [9.17, 15) is 9.18 Å². The maximum Gasteiger partial charge on any atom is 0.259 e. The molecule has 6 nitrogen and oxygen atoms in total. The summed E-state index contributed by atoms with van der Waals surface area (Å²) >= 11 is 0. The zero-order valence-corrected chi connectivity index (χ0v) is 17.1. The molecule has 0 aliphatic heterocycles. The number of anilines is 1. The minimum atomic E-state index is -0.477. The Kier molecular flexibility index (Phi) is 7.12. The van der Waals surface area contributed by atoms with Gasteiger partial charge in [0.05, 0.1) is 19.3 Å². The van der Waals surface area contributed by atoms with Crippen LogP contribution in [0.3, 0.4) is 0 Å². The van der Waals surface area contributed by atoms with Gasteiger partial charge in [0.2, 0.25) is 0 Å². The molecule has 1 aromatic carbocycles. The number of carbonyl (C=O) groups excluding carboxylic acids is 1. The van der Waals surface area contributed by atoms with E-state index < -0.39 is 5.82 Å². The van der Waals surface area contributed by atoms with Gasteiger partial charge in [-0.25, -0.2) is 9.37 Å². The van der Waals surface area contributed by atoms with E-state index in [0.29, 0.717) is 17.9 Å². The second kappa shape index (κ2) is 9.32. The molecule has 0 fully saturated rings. The monoisotopic (exact) mass is 387 g/mol. The van der Waals surface area contributed by atoms with Crippen LogP contribution in [0.4, 0.5) is 10.1 Å². The van der Waals surface area contributed by atoms with Crippen molar-refractivity contribution in [2.45, 2.75) is 27.4 Å². The fourth-order valence-electron chi connectivity index (χ4n) is 2.82. The summed E-state index contributed by atoms with van der Waals surface area (Å²) in [7, 11) is 4.62. The summed E-state index contributed by atoms with van der Waals surface area (Å²) in [5.41, 5.74) is 3.50. The molecule has 2 aromatic heterocycles. The molecule has 0 radical (unpaired) electrons. The lowest BCUT2D eigenvalue weighted by atomic mass is 10.1. The number of ether oxygens (including phenoxy) is 2. The predicted octanol–water partition coefficient (Wildman–Crippen LogP) is 4.24. The molecule has 0 N–H and O–H groups in total. The summed E-state index contributed by atoms with van der Waals surface area (Å²) in [5, 5.41) is 0. The summed E-state index contributed by atoms with van der Waals surface area (Å²) < 4.78 is 25.7. The third-order valence-electron chi connectivity index (χ3n) is 4.24. The van der Waals surface area contributed by atoms with Gasteiger partial charge in [-0.1, -0.05) is 13.8 Å². The van der Waals surface area contributed by atoms with Crippen LogP contribution in [0, 0.1) is 12.7 Å². The van der Waals surface area contributed by atoms with Crippen LogP contribution in [-0.2, 0) is 11.3 Å². The van der Waals surface area contributed by atoms with Crippen molar-refractivity contribution in [1.82, 2.24) is 9.38 Å². The molecule has 0 bridgehead atoms. The van der Waals surface area contributed by atoms with E-state index in [4.69, 9.17) is 9.47 Å². The van der Waals surface area contributed by atoms with Gasteiger partial charge in [0.1, 0.15) is 5.65 Å². The Morgan fingerprint density at radius 1 is 1.25 bits per heavy atom. The fraction of sp³-hybridized carbons (Fsp3) is 0.333. The number of aryl methyl sites for hydroxylation is 1. The largest absolute Gasteiger partial charge is 0.494 e. The van der Waals surface area contributed by atoms with Crippen LogP contribution in [0.25, 0.3) is 5.65 Å². The third kappa shape index (κ3) is 4.14. The smallest absolute Gasteiger partial charge is 0.259 e. The van der Waals surface area contributed by atoms with Gasteiger partial charge < -0.3 is 18.8 Å². The second-order valence-corrected chi connectivity index (χ2v) is 5.96. The van der Waals surface area contributed by atoms with Gasteiger partial charge in [-0.2, -0.15) is 0 Å². The fourth-order valence-corrected chi connectivity index (χ4v) is 2.82. The van der Waals surface area contributed by atoms with E-state index in [1.54, 1.807) is 32.6 Å². The van der Waals surface area contributed by atoms with E-state index in [1.807, 2.05) is 25.2 Å².